The topological polar surface area (TPSA) is 116 Å². The number of amides is 4. The van der Waals surface area contributed by atoms with Crippen LogP contribution in [-0.2, 0) is 19.6 Å². The minimum absolute atomic E-state index is 0.130. The molecular weight excluding hydrogens is 420 g/mol. The number of nitrogens with one attached hydrogen (secondary N) is 2. The maximum absolute atomic E-state index is 12.8. The molecule has 0 unspecified atom stereocenters. The summed E-state index contributed by atoms with van der Waals surface area (Å²) in [6.07, 6.45) is 4.30. The molecule has 2 aliphatic heterocycles. The smallest absolute Gasteiger partial charge is 0.325 e. The number of nitrogens with zero attached hydrogens (tertiary/aromatic N) is 2. The van der Waals surface area contributed by atoms with Crippen molar-refractivity contribution in [2.45, 2.75) is 62.8 Å². The molecule has 170 valence electrons. The van der Waals surface area contributed by atoms with Crippen LogP contribution in [0.5, 0.6) is 0 Å². The van der Waals surface area contributed by atoms with Crippen LogP contribution in [0.15, 0.2) is 29.2 Å². The van der Waals surface area contributed by atoms with Gasteiger partial charge in [-0.25, -0.2) is 13.2 Å². The Balaban J connectivity index is 1.51. The highest BCUT2D eigenvalue weighted by molar-refractivity contribution is 7.89. The van der Waals surface area contributed by atoms with Gasteiger partial charge < -0.3 is 10.6 Å². The lowest BCUT2D eigenvalue weighted by molar-refractivity contribution is -0.130. The molecule has 31 heavy (non-hydrogen) atoms. The van der Waals surface area contributed by atoms with Gasteiger partial charge in [0.15, 0.2) is 0 Å². The number of benzene rings is 1. The molecule has 0 aromatic heterocycles. The van der Waals surface area contributed by atoms with Crippen molar-refractivity contribution in [1.29, 1.82) is 0 Å². The van der Waals surface area contributed by atoms with Crippen LogP contribution in [0.4, 0.5) is 10.5 Å². The molecule has 0 spiro atoms. The van der Waals surface area contributed by atoms with Crippen molar-refractivity contribution >= 4 is 33.6 Å². The highest BCUT2D eigenvalue weighted by Crippen LogP contribution is 2.22. The first kappa shape index (κ1) is 23.2. The summed E-state index contributed by atoms with van der Waals surface area (Å²) in [6.45, 7) is 4.51. The first-order valence-electron chi connectivity index (χ1n) is 10.7. The summed E-state index contributed by atoms with van der Waals surface area (Å²) in [5.41, 5.74) is -0.426. The van der Waals surface area contributed by atoms with Gasteiger partial charge in [-0.1, -0.05) is 12.8 Å². The van der Waals surface area contributed by atoms with Crippen LogP contribution in [0.3, 0.4) is 0 Å². The van der Waals surface area contributed by atoms with Gasteiger partial charge in [-0.2, -0.15) is 4.31 Å². The van der Waals surface area contributed by atoms with Crippen LogP contribution in [0.2, 0.25) is 0 Å². The second-order valence-electron chi connectivity index (χ2n) is 8.51. The Morgan fingerprint density at radius 1 is 1.06 bits per heavy atom. The van der Waals surface area contributed by atoms with E-state index >= 15 is 0 Å². The van der Waals surface area contributed by atoms with Crippen LogP contribution in [0, 0.1) is 0 Å². The number of hydrogen-bond donors (Lipinski definition) is 2. The van der Waals surface area contributed by atoms with Gasteiger partial charge in [0.1, 0.15) is 5.54 Å². The lowest BCUT2D eigenvalue weighted by Gasteiger charge is -2.20. The van der Waals surface area contributed by atoms with Gasteiger partial charge in [-0.3, -0.25) is 14.5 Å². The van der Waals surface area contributed by atoms with Crippen LogP contribution >= 0.6 is 0 Å². The van der Waals surface area contributed by atoms with Crippen LogP contribution in [-0.4, -0.2) is 60.6 Å². The van der Waals surface area contributed by atoms with Crippen molar-refractivity contribution in [1.82, 2.24) is 14.5 Å². The number of rotatable bonds is 7. The monoisotopic (exact) mass is 450 g/mol. The number of carbonyl (C=O) groups excluding carboxylic acids is 3. The standard InChI is InChI=1S/C21H30N4O5S/c1-21(2)19(27)25(20(28)23-21)15-7-8-18(26)22-16-9-11-17(12-10-16)31(29,30)24-13-5-3-4-6-14-24/h9-12H,3-8,13-15H2,1-2H3,(H,22,26)(H,23,28). The van der Waals surface area contributed by atoms with E-state index in [-0.39, 0.29) is 29.7 Å². The Hall–Kier alpha value is -2.46. The molecule has 0 atom stereocenters. The summed E-state index contributed by atoms with van der Waals surface area (Å²) in [5, 5.41) is 5.32. The first-order valence-corrected chi connectivity index (χ1v) is 12.1. The molecule has 0 aliphatic carbocycles. The number of imide groups is 1. The Bertz CT molecular complexity index is 935. The van der Waals surface area contributed by atoms with E-state index in [4.69, 9.17) is 0 Å². The number of carbonyl (C=O) groups is 3. The fourth-order valence-electron chi connectivity index (χ4n) is 3.78. The molecule has 2 saturated heterocycles. The Labute approximate surface area is 183 Å². The third kappa shape index (κ3) is 5.43. The van der Waals surface area contributed by atoms with Gasteiger partial charge in [0.2, 0.25) is 15.9 Å². The Morgan fingerprint density at radius 3 is 2.23 bits per heavy atom. The number of sulfonamides is 1. The Kier molecular flexibility index (Phi) is 7.00. The lowest BCUT2D eigenvalue weighted by Crippen LogP contribution is -2.40. The first-order chi connectivity index (χ1) is 14.6. The van der Waals surface area contributed by atoms with E-state index in [1.165, 1.54) is 16.4 Å². The van der Waals surface area contributed by atoms with E-state index in [0.29, 0.717) is 25.2 Å². The fraction of sp³-hybridized carbons (Fsp3) is 0.571. The molecule has 0 bridgehead atoms. The quantitative estimate of drug-likeness (QED) is 0.619. The van der Waals surface area contributed by atoms with Gasteiger partial charge in [-0.15, -0.1) is 0 Å². The van der Waals surface area contributed by atoms with Gasteiger partial charge >= 0.3 is 6.03 Å². The van der Waals surface area contributed by atoms with E-state index in [1.807, 2.05) is 0 Å². The summed E-state index contributed by atoms with van der Waals surface area (Å²) in [7, 11) is -3.53. The molecule has 2 aliphatic rings. The van der Waals surface area contributed by atoms with E-state index in [2.05, 4.69) is 10.6 Å². The molecule has 0 radical (unpaired) electrons. The molecule has 2 heterocycles. The summed E-state index contributed by atoms with van der Waals surface area (Å²) in [6, 6.07) is 5.71. The second-order valence-corrected chi connectivity index (χ2v) is 10.4. The maximum atomic E-state index is 12.8. The molecule has 9 nitrogen and oxygen atoms in total. The predicted molar refractivity (Wildman–Crippen MR) is 116 cm³/mol. The van der Waals surface area contributed by atoms with E-state index in [0.717, 1.165) is 30.6 Å². The SMILES string of the molecule is CC1(C)NC(=O)N(CCCC(=O)Nc2ccc(S(=O)(=O)N3CCCCCC3)cc2)C1=O. The predicted octanol–water partition coefficient (Wildman–Crippen LogP) is 2.30. The zero-order valence-corrected chi connectivity index (χ0v) is 18.8. The van der Waals surface area contributed by atoms with Crippen molar-refractivity contribution in [3.8, 4) is 0 Å². The van der Waals surface area contributed by atoms with Crippen molar-refractivity contribution in [2.24, 2.45) is 0 Å². The van der Waals surface area contributed by atoms with Crippen molar-refractivity contribution in [3.05, 3.63) is 24.3 Å². The molecule has 10 heteroatoms. The lowest BCUT2D eigenvalue weighted by atomic mass is 10.1. The van der Waals surface area contributed by atoms with Crippen LogP contribution in [0.25, 0.3) is 0 Å². The second kappa shape index (κ2) is 9.35. The molecule has 4 amide bonds. The van der Waals surface area contributed by atoms with Gasteiger partial charge in [-0.05, 0) is 57.4 Å². The Morgan fingerprint density at radius 2 is 1.68 bits per heavy atom. The average Bonchev–Trinajstić information content (AvgIpc) is 2.92. The van der Waals surface area contributed by atoms with Crippen LogP contribution < -0.4 is 10.6 Å². The third-order valence-electron chi connectivity index (χ3n) is 5.57. The molecule has 2 N–H and O–H groups in total. The average molecular weight is 451 g/mol. The summed E-state index contributed by atoms with van der Waals surface area (Å²) >= 11 is 0. The van der Waals surface area contributed by atoms with Gasteiger partial charge in [0.05, 0.1) is 4.90 Å². The van der Waals surface area contributed by atoms with E-state index in [9.17, 15) is 22.8 Å². The number of hydrogen-bond acceptors (Lipinski definition) is 5. The molecule has 3 rings (SSSR count). The van der Waals surface area contributed by atoms with E-state index in [1.54, 1.807) is 26.0 Å². The molecular formula is C21H30N4O5S. The molecule has 2 fully saturated rings. The van der Waals surface area contributed by atoms with Crippen molar-refractivity contribution in [2.75, 3.05) is 25.0 Å². The largest absolute Gasteiger partial charge is 0.326 e. The highest BCUT2D eigenvalue weighted by atomic mass is 32.2. The van der Waals surface area contributed by atoms with Gasteiger partial charge in [0, 0.05) is 31.7 Å². The summed E-state index contributed by atoms with van der Waals surface area (Å²) in [5.74, 6) is -0.575. The normalized spacial score (nSPS) is 19.7. The molecule has 1 aromatic rings. The molecule has 1 aromatic carbocycles. The third-order valence-corrected chi connectivity index (χ3v) is 7.48. The summed E-state index contributed by atoms with van der Waals surface area (Å²) < 4.78 is 27.2. The minimum Gasteiger partial charge on any atom is -0.326 e. The zero-order valence-electron chi connectivity index (χ0n) is 18.0. The number of anilines is 1. The van der Waals surface area contributed by atoms with Crippen LogP contribution in [0.1, 0.15) is 52.4 Å². The van der Waals surface area contributed by atoms with E-state index < -0.39 is 21.6 Å². The van der Waals surface area contributed by atoms with Crippen molar-refractivity contribution < 1.29 is 22.8 Å². The summed E-state index contributed by atoms with van der Waals surface area (Å²) in [4.78, 5) is 37.5. The van der Waals surface area contributed by atoms with Crippen molar-refractivity contribution in [3.63, 3.8) is 0 Å². The van der Waals surface area contributed by atoms with Gasteiger partial charge in [0.25, 0.3) is 5.91 Å². The minimum atomic E-state index is -3.53. The maximum Gasteiger partial charge on any atom is 0.325 e. The highest BCUT2D eigenvalue weighted by Gasteiger charge is 2.43. The fourth-order valence-corrected chi connectivity index (χ4v) is 5.30. The molecule has 0 saturated carbocycles. The number of urea groups is 1. The zero-order chi connectivity index (χ0) is 22.6.